The normalized spacial score (nSPS) is 15.6. The van der Waals surface area contributed by atoms with Gasteiger partial charge in [0, 0.05) is 81.7 Å². The lowest BCUT2D eigenvalue weighted by Gasteiger charge is -2.35. The largest absolute Gasteiger partial charge is 0.396 e. The van der Waals surface area contributed by atoms with Crippen molar-refractivity contribution in [2.24, 2.45) is 7.05 Å². The fourth-order valence-electron chi connectivity index (χ4n) is 3.86. The Labute approximate surface area is 179 Å². The fourth-order valence-corrected chi connectivity index (χ4v) is 3.86. The molecule has 10 nitrogen and oxygen atoms in total. The van der Waals surface area contributed by atoms with Gasteiger partial charge >= 0.3 is 0 Å². The molecule has 1 aliphatic rings. The number of nitrogens with zero attached hydrogens (tertiary/aromatic N) is 9. The molecule has 0 saturated carbocycles. The van der Waals surface area contributed by atoms with Crippen LogP contribution in [0.3, 0.4) is 0 Å². The van der Waals surface area contributed by atoms with Gasteiger partial charge in [-0.25, -0.2) is 19.5 Å². The number of fused-ring (bicyclic) bond motifs is 1. The second-order valence-corrected chi connectivity index (χ2v) is 7.92. The first-order valence-corrected chi connectivity index (χ1v) is 10.4. The molecule has 5 rings (SSSR count). The molecule has 0 aliphatic carbocycles. The quantitative estimate of drug-likeness (QED) is 0.517. The summed E-state index contributed by atoms with van der Waals surface area (Å²) in [4.78, 5) is 18.1. The van der Waals surface area contributed by atoms with Gasteiger partial charge in [0.1, 0.15) is 11.8 Å². The molecule has 0 spiro atoms. The van der Waals surface area contributed by atoms with E-state index in [1.165, 1.54) is 0 Å². The minimum absolute atomic E-state index is 0.0460. The third-order valence-electron chi connectivity index (χ3n) is 5.79. The molecule has 160 valence electrons. The molecule has 0 amide bonds. The van der Waals surface area contributed by atoms with Crippen molar-refractivity contribution in [1.29, 1.82) is 0 Å². The lowest BCUT2D eigenvalue weighted by molar-refractivity contribution is 0.272. The van der Waals surface area contributed by atoms with Crippen molar-refractivity contribution in [2.75, 3.05) is 42.6 Å². The van der Waals surface area contributed by atoms with Crippen LogP contribution < -0.4 is 9.80 Å². The Morgan fingerprint density at radius 3 is 2.35 bits per heavy atom. The molecule has 0 aromatic carbocycles. The Kier molecular flexibility index (Phi) is 4.99. The van der Waals surface area contributed by atoms with E-state index >= 15 is 0 Å². The van der Waals surface area contributed by atoms with Crippen LogP contribution in [0, 0.1) is 0 Å². The topological polar surface area (TPSA) is 101 Å². The Morgan fingerprint density at radius 1 is 0.935 bits per heavy atom. The van der Waals surface area contributed by atoms with Crippen LogP contribution in [0.2, 0.25) is 0 Å². The highest BCUT2D eigenvalue weighted by atomic mass is 16.3. The number of aromatic nitrogens is 7. The molecule has 1 atom stereocenters. The number of anilines is 2. The molecule has 0 bridgehead atoms. The van der Waals surface area contributed by atoms with E-state index in [0.29, 0.717) is 0 Å². The van der Waals surface area contributed by atoms with Gasteiger partial charge in [-0.2, -0.15) is 10.2 Å². The average molecular weight is 419 g/mol. The molecular weight excluding hydrogens is 394 g/mol. The summed E-state index contributed by atoms with van der Waals surface area (Å²) in [6.45, 7) is 5.30. The van der Waals surface area contributed by atoms with Crippen LogP contribution in [-0.2, 0) is 7.05 Å². The molecular formula is C21H25N9O. The minimum Gasteiger partial charge on any atom is -0.396 e. The molecule has 4 aromatic heterocycles. The van der Waals surface area contributed by atoms with E-state index in [-0.39, 0.29) is 12.5 Å². The fraction of sp³-hybridized carbons (Fsp3) is 0.381. The van der Waals surface area contributed by atoms with Crippen molar-refractivity contribution in [3.8, 4) is 11.1 Å². The zero-order valence-corrected chi connectivity index (χ0v) is 17.6. The standard InChI is InChI=1S/C21H25N9O/c1-15(13-31)17-8-22-21(23-9-17)29-5-3-28(4-6-29)20-19-7-16(12-30(19)26-14-24-20)18-10-25-27(2)11-18/h7-12,14-15,31H,3-6,13H2,1-2H3. The van der Waals surface area contributed by atoms with E-state index in [0.717, 1.165) is 60.2 Å². The molecule has 10 heteroatoms. The summed E-state index contributed by atoms with van der Waals surface area (Å²) < 4.78 is 3.67. The van der Waals surface area contributed by atoms with E-state index in [9.17, 15) is 5.11 Å². The summed E-state index contributed by atoms with van der Waals surface area (Å²) in [5, 5.41) is 17.9. The van der Waals surface area contributed by atoms with Gasteiger partial charge in [0.2, 0.25) is 5.95 Å². The molecule has 1 unspecified atom stereocenters. The predicted molar refractivity (Wildman–Crippen MR) is 117 cm³/mol. The predicted octanol–water partition coefficient (Wildman–Crippen LogP) is 1.34. The number of hydrogen-bond donors (Lipinski definition) is 1. The van der Waals surface area contributed by atoms with Crippen LogP contribution in [0.15, 0.2) is 43.4 Å². The first-order valence-electron chi connectivity index (χ1n) is 10.4. The third kappa shape index (κ3) is 3.70. The Hall–Kier alpha value is -3.53. The third-order valence-corrected chi connectivity index (χ3v) is 5.79. The second kappa shape index (κ2) is 7.95. The first-order chi connectivity index (χ1) is 15.1. The van der Waals surface area contributed by atoms with Gasteiger partial charge in [0.05, 0.1) is 6.20 Å². The van der Waals surface area contributed by atoms with Gasteiger partial charge in [0.15, 0.2) is 5.82 Å². The van der Waals surface area contributed by atoms with Gasteiger partial charge in [-0.05, 0) is 11.6 Å². The molecule has 1 saturated heterocycles. The van der Waals surface area contributed by atoms with Crippen LogP contribution in [0.4, 0.5) is 11.8 Å². The van der Waals surface area contributed by atoms with Gasteiger partial charge in [0.25, 0.3) is 0 Å². The Morgan fingerprint density at radius 2 is 1.68 bits per heavy atom. The van der Waals surface area contributed by atoms with E-state index in [2.05, 4.69) is 41.0 Å². The lowest BCUT2D eigenvalue weighted by atomic mass is 10.1. The summed E-state index contributed by atoms with van der Waals surface area (Å²) in [6.07, 6.45) is 11.1. The number of aliphatic hydroxyl groups excluding tert-OH is 1. The summed E-state index contributed by atoms with van der Waals surface area (Å²) in [5.74, 6) is 1.70. The molecule has 1 aliphatic heterocycles. The van der Waals surface area contributed by atoms with Crippen molar-refractivity contribution >= 4 is 17.3 Å². The van der Waals surface area contributed by atoms with Crippen molar-refractivity contribution in [3.63, 3.8) is 0 Å². The zero-order chi connectivity index (χ0) is 21.4. The van der Waals surface area contributed by atoms with Crippen LogP contribution in [-0.4, -0.2) is 72.2 Å². The van der Waals surface area contributed by atoms with Crippen molar-refractivity contribution < 1.29 is 5.11 Å². The van der Waals surface area contributed by atoms with Crippen molar-refractivity contribution in [2.45, 2.75) is 12.8 Å². The average Bonchev–Trinajstić information content (AvgIpc) is 3.45. The van der Waals surface area contributed by atoms with Crippen molar-refractivity contribution in [3.05, 3.63) is 48.9 Å². The maximum absolute atomic E-state index is 9.30. The molecule has 5 heterocycles. The maximum Gasteiger partial charge on any atom is 0.225 e. The summed E-state index contributed by atoms with van der Waals surface area (Å²) >= 11 is 0. The molecule has 31 heavy (non-hydrogen) atoms. The summed E-state index contributed by atoms with van der Waals surface area (Å²) in [7, 11) is 1.91. The highest BCUT2D eigenvalue weighted by Gasteiger charge is 2.22. The van der Waals surface area contributed by atoms with Crippen LogP contribution in [0.25, 0.3) is 16.6 Å². The number of piperazine rings is 1. The minimum atomic E-state index is 0.0460. The Balaban J connectivity index is 1.33. The van der Waals surface area contributed by atoms with Gasteiger partial charge < -0.3 is 14.9 Å². The smallest absolute Gasteiger partial charge is 0.225 e. The highest BCUT2D eigenvalue weighted by Crippen LogP contribution is 2.27. The number of rotatable bonds is 5. The second-order valence-electron chi connectivity index (χ2n) is 7.92. The first kappa shape index (κ1) is 19.4. The van der Waals surface area contributed by atoms with E-state index in [1.807, 2.05) is 49.5 Å². The Bertz CT molecular complexity index is 1180. The number of hydrogen-bond acceptors (Lipinski definition) is 8. The monoisotopic (exact) mass is 419 g/mol. The SMILES string of the molecule is CC(CO)c1cnc(N2CCN(c3ncnn4cc(-c5cnn(C)c5)cc34)CC2)nc1. The van der Waals surface area contributed by atoms with Gasteiger partial charge in [-0.3, -0.25) is 4.68 Å². The summed E-state index contributed by atoms with van der Waals surface area (Å²) in [5.41, 5.74) is 4.05. The van der Waals surface area contributed by atoms with Crippen LogP contribution in [0.1, 0.15) is 18.4 Å². The van der Waals surface area contributed by atoms with E-state index < -0.39 is 0 Å². The zero-order valence-electron chi connectivity index (χ0n) is 17.6. The van der Waals surface area contributed by atoms with Crippen LogP contribution >= 0.6 is 0 Å². The van der Waals surface area contributed by atoms with Crippen molar-refractivity contribution in [1.82, 2.24) is 34.3 Å². The molecule has 1 N–H and O–H groups in total. The molecule has 4 aromatic rings. The van der Waals surface area contributed by atoms with E-state index in [1.54, 1.807) is 11.0 Å². The van der Waals surface area contributed by atoms with Gasteiger partial charge in [-0.15, -0.1) is 0 Å². The molecule has 0 radical (unpaired) electrons. The van der Waals surface area contributed by atoms with Crippen LogP contribution in [0.5, 0.6) is 0 Å². The number of aliphatic hydroxyl groups is 1. The number of aryl methyl sites for hydroxylation is 1. The summed E-state index contributed by atoms with van der Waals surface area (Å²) in [6, 6.07) is 2.11. The van der Waals surface area contributed by atoms with E-state index in [4.69, 9.17) is 0 Å². The lowest BCUT2D eigenvalue weighted by Crippen LogP contribution is -2.47. The molecule has 1 fully saturated rings. The maximum atomic E-state index is 9.30. The highest BCUT2D eigenvalue weighted by molar-refractivity contribution is 5.77. The van der Waals surface area contributed by atoms with Gasteiger partial charge in [-0.1, -0.05) is 6.92 Å².